The van der Waals surface area contributed by atoms with E-state index in [1.807, 2.05) is 36.8 Å². The van der Waals surface area contributed by atoms with Crippen LogP contribution in [0, 0.1) is 13.8 Å². The maximum atomic E-state index is 11.7. The number of anilines is 1. The Morgan fingerprint density at radius 3 is 2.67 bits per heavy atom. The van der Waals surface area contributed by atoms with Crippen molar-refractivity contribution >= 4 is 32.7 Å². The van der Waals surface area contributed by atoms with Gasteiger partial charge in [-0.1, -0.05) is 24.3 Å². The Balaban J connectivity index is 2.01. The number of rotatable bonds is 7. The Morgan fingerprint density at radius 2 is 2.00 bits per heavy atom. The zero-order valence-corrected chi connectivity index (χ0v) is 15.3. The lowest BCUT2D eigenvalue weighted by Gasteiger charge is -2.04. The summed E-state index contributed by atoms with van der Waals surface area (Å²) in [5.74, 6) is -0.579. The van der Waals surface area contributed by atoms with Gasteiger partial charge in [-0.25, -0.2) is 9.17 Å². The normalized spacial score (nSPS) is 11.5. The minimum atomic E-state index is -3.88. The molecule has 0 aliphatic carbocycles. The molecule has 1 aromatic carbocycles. The largest absolute Gasteiger partial charge is 0.336 e. The monoisotopic (exact) mass is 369 g/mol. The minimum absolute atomic E-state index is 0.423. The molecule has 0 unspecified atom stereocenters. The molecule has 2 aromatic rings. The van der Waals surface area contributed by atoms with Crippen molar-refractivity contribution in [1.82, 2.24) is 9.71 Å². The molecule has 0 fully saturated rings. The molecule has 0 radical (unpaired) electrons. The molecule has 7 nitrogen and oxygen atoms in total. The van der Waals surface area contributed by atoms with Crippen molar-refractivity contribution in [1.29, 1.82) is 0 Å². The van der Waals surface area contributed by atoms with Crippen LogP contribution in [0.25, 0.3) is 0 Å². The number of aromatic nitrogens is 1. The zero-order chi connectivity index (χ0) is 17.7. The molecule has 130 valence electrons. The summed E-state index contributed by atoms with van der Waals surface area (Å²) in [6.45, 7) is 3.32. The molecule has 2 N–H and O–H groups in total. The molecule has 0 aliphatic heterocycles. The number of thiazole rings is 1. The molecular weight excluding hydrogens is 350 g/mol. The Hall–Kier alpha value is -1.81. The topological polar surface area (TPSA) is 97.4 Å². The van der Waals surface area contributed by atoms with Crippen LogP contribution in [0.5, 0.6) is 0 Å². The molecule has 24 heavy (non-hydrogen) atoms. The maximum absolute atomic E-state index is 11.7. The second-order valence-corrected chi connectivity index (χ2v) is 7.74. The smallest absolute Gasteiger partial charge is 0.300 e. The van der Waals surface area contributed by atoms with E-state index in [0.717, 1.165) is 17.0 Å². The molecule has 2 rings (SSSR count). The summed E-state index contributed by atoms with van der Waals surface area (Å²) in [5, 5.41) is 2.97. The highest BCUT2D eigenvalue weighted by molar-refractivity contribution is 7.84. The van der Waals surface area contributed by atoms with E-state index in [4.69, 9.17) is 0 Å². The lowest BCUT2D eigenvalue weighted by molar-refractivity contribution is -0.118. The number of amides is 1. The molecule has 1 amide bonds. The molecule has 1 heterocycles. The summed E-state index contributed by atoms with van der Waals surface area (Å²) in [5.41, 5.74) is 3.23. The van der Waals surface area contributed by atoms with Gasteiger partial charge in [0.05, 0.1) is 5.69 Å². The minimum Gasteiger partial charge on any atom is -0.300 e. The second-order valence-electron chi connectivity index (χ2n) is 5.10. The molecule has 9 heteroatoms. The van der Waals surface area contributed by atoms with E-state index >= 15 is 0 Å². The van der Waals surface area contributed by atoms with Crippen LogP contribution in [0.15, 0.2) is 24.3 Å². The predicted octanol–water partition coefficient (Wildman–Crippen LogP) is 1.77. The second kappa shape index (κ2) is 7.84. The van der Waals surface area contributed by atoms with Crippen LogP contribution in [-0.4, -0.2) is 33.0 Å². The van der Waals surface area contributed by atoms with Crippen molar-refractivity contribution in [3.05, 3.63) is 46.0 Å². The van der Waals surface area contributed by atoms with Crippen LogP contribution < -0.4 is 10.0 Å². The van der Waals surface area contributed by atoms with Crippen molar-refractivity contribution < 1.29 is 17.4 Å². The third kappa shape index (κ3) is 5.10. The predicted molar refractivity (Wildman–Crippen MR) is 93.4 cm³/mol. The van der Waals surface area contributed by atoms with Gasteiger partial charge in [0.15, 0.2) is 5.13 Å². The number of hydrogen-bond donors (Lipinski definition) is 2. The van der Waals surface area contributed by atoms with Crippen LogP contribution in [0.2, 0.25) is 0 Å². The summed E-state index contributed by atoms with van der Waals surface area (Å²) in [4.78, 5) is 17.1. The Bertz CT molecular complexity index is 831. The number of benzene rings is 1. The van der Waals surface area contributed by atoms with Gasteiger partial charge in [-0.15, -0.1) is 11.3 Å². The van der Waals surface area contributed by atoms with Gasteiger partial charge in [-0.2, -0.15) is 13.1 Å². The number of carbonyl (C=O) groups is 1. The zero-order valence-electron chi connectivity index (χ0n) is 13.6. The molecule has 0 aliphatic rings. The number of aryl methyl sites for hydroxylation is 2. The third-order valence-corrected chi connectivity index (χ3v) is 5.35. The highest BCUT2D eigenvalue weighted by atomic mass is 32.2. The summed E-state index contributed by atoms with van der Waals surface area (Å²) in [6.07, 6.45) is 0.733. The van der Waals surface area contributed by atoms with E-state index in [1.165, 1.54) is 29.5 Å². The SMILES string of the molecule is CNS(=O)(=O)OCC(=O)Nc1nc(C)c(Cc2ccccc2C)s1. The summed E-state index contributed by atoms with van der Waals surface area (Å²) in [7, 11) is -2.68. The van der Waals surface area contributed by atoms with E-state index in [9.17, 15) is 13.2 Å². The summed E-state index contributed by atoms with van der Waals surface area (Å²) < 4.78 is 28.7. The first kappa shape index (κ1) is 18.5. The van der Waals surface area contributed by atoms with Gasteiger partial charge in [0.1, 0.15) is 6.61 Å². The molecule has 0 saturated heterocycles. The number of nitrogens with zero attached hydrogens (tertiary/aromatic N) is 1. The molecule has 1 aromatic heterocycles. The van der Waals surface area contributed by atoms with Gasteiger partial charge >= 0.3 is 10.3 Å². The van der Waals surface area contributed by atoms with E-state index in [1.54, 1.807) is 0 Å². The van der Waals surface area contributed by atoms with E-state index in [2.05, 4.69) is 20.6 Å². The van der Waals surface area contributed by atoms with E-state index < -0.39 is 22.8 Å². The third-order valence-electron chi connectivity index (χ3n) is 3.35. The number of hydrogen-bond acceptors (Lipinski definition) is 6. The lowest BCUT2D eigenvalue weighted by atomic mass is 10.0. The van der Waals surface area contributed by atoms with Crippen molar-refractivity contribution in [2.24, 2.45) is 0 Å². The molecule has 0 saturated carbocycles. The van der Waals surface area contributed by atoms with Crippen molar-refractivity contribution in [3.63, 3.8) is 0 Å². The Labute approximate surface area is 145 Å². The molecule has 0 bridgehead atoms. The maximum Gasteiger partial charge on any atom is 0.336 e. The van der Waals surface area contributed by atoms with Crippen LogP contribution in [-0.2, 0) is 25.7 Å². The quantitative estimate of drug-likeness (QED) is 0.775. The fourth-order valence-electron chi connectivity index (χ4n) is 1.97. The van der Waals surface area contributed by atoms with E-state index in [-0.39, 0.29) is 0 Å². The van der Waals surface area contributed by atoms with Gasteiger partial charge < -0.3 is 0 Å². The van der Waals surface area contributed by atoms with Crippen LogP contribution in [0.3, 0.4) is 0 Å². The first-order valence-corrected chi connectivity index (χ1v) is 9.42. The first-order chi connectivity index (χ1) is 11.3. The average molecular weight is 369 g/mol. The van der Waals surface area contributed by atoms with Crippen LogP contribution in [0.4, 0.5) is 5.13 Å². The standard InChI is InChI=1S/C15H19N3O4S2/c1-10-6-4-5-7-12(10)8-13-11(2)17-15(23-13)18-14(19)9-22-24(20,21)16-3/h4-7,16H,8-9H2,1-3H3,(H,17,18,19). The highest BCUT2D eigenvalue weighted by Crippen LogP contribution is 2.26. The fraction of sp³-hybridized carbons (Fsp3) is 0.333. The number of nitrogens with one attached hydrogen (secondary N) is 2. The summed E-state index contributed by atoms with van der Waals surface area (Å²) >= 11 is 1.37. The van der Waals surface area contributed by atoms with Crippen molar-refractivity contribution in [2.75, 3.05) is 19.0 Å². The van der Waals surface area contributed by atoms with E-state index in [0.29, 0.717) is 5.13 Å². The Morgan fingerprint density at radius 1 is 1.29 bits per heavy atom. The van der Waals surface area contributed by atoms with Gasteiger partial charge in [-0.3, -0.25) is 10.1 Å². The van der Waals surface area contributed by atoms with Crippen LogP contribution in [0.1, 0.15) is 21.7 Å². The molecule has 0 atom stereocenters. The number of carbonyl (C=O) groups excluding carboxylic acids is 1. The average Bonchev–Trinajstić information content (AvgIpc) is 2.87. The van der Waals surface area contributed by atoms with Gasteiger partial charge in [-0.05, 0) is 25.0 Å². The highest BCUT2D eigenvalue weighted by Gasteiger charge is 2.14. The van der Waals surface area contributed by atoms with Crippen LogP contribution >= 0.6 is 11.3 Å². The summed E-state index contributed by atoms with van der Waals surface area (Å²) in [6, 6.07) is 8.08. The molecular formula is C15H19N3O4S2. The molecule has 0 spiro atoms. The van der Waals surface area contributed by atoms with Gasteiger partial charge in [0.25, 0.3) is 5.91 Å². The van der Waals surface area contributed by atoms with Gasteiger partial charge in [0.2, 0.25) is 0 Å². The van der Waals surface area contributed by atoms with Crippen molar-refractivity contribution in [2.45, 2.75) is 20.3 Å². The fourth-order valence-corrected chi connectivity index (χ4v) is 3.35. The lowest BCUT2D eigenvalue weighted by Crippen LogP contribution is -2.27. The van der Waals surface area contributed by atoms with Crippen molar-refractivity contribution in [3.8, 4) is 0 Å². The first-order valence-electron chi connectivity index (χ1n) is 7.19. The van der Waals surface area contributed by atoms with Gasteiger partial charge in [0, 0.05) is 18.3 Å². The Kier molecular flexibility index (Phi) is 6.05.